The van der Waals surface area contributed by atoms with Gasteiger partial charge < -0.3 is 15.0 Å². The summed E-state index contributed by atoms with van der Waals surface area (Å²) in [4.78, 5) is 31.7. The topological polar surface area (TPSA) is 71.5 Å². The Bertz CT molecular complexity index is 967. The molecule has 182 valence electrons. The number of unbranched alkanes of at least 4 members (excludes halogenated alkanes) is 2. The number of aromatic nitrogens is 1. The molecule has 2 aliphatic rings. The molecule has 0 bridgehead atoms. The van der Waals surface area contributed by atoms with Gasteiger partial charge in [0.25, 0.3) is 0 Å². The normalized spacial score (nSPS) is 16.1. The molecule has 34 heavy (non-hydrogen) atoms. The van der Waals surface area contributed by atoms with Crippen molar-refractivity contribution in [3.63, 3.8) is 0 Å². The molecule has 2 fully saturated rings. The lowest BCUT2D eigenvalue weighted by atomic mass is 9.88. The molecule has 2 amide bonds. The average Bonchev–Trinajstić information content (AvgIpc) is 3.70. The van der Waals surface area contributed by atoms with Crippen LogP contribution >= 0.6 is 0 Å². The van der Waals surface area contributed by atoms with Crippen molar-refractivity contribution >= 4 is 17.5 Å². The van der Waals surface area contributed by atoms with Crippen LogP contribution in [-0.2, 0) is 9.59 Å². The second-order valence-corrected chi connectivity index (χ2v) is 9.61. The van der Waals surface area contributed by atoms with E-state index in [-0.39, 0.29) is 17.7 Å². The molecule has 2 aliphatic carbocycles. The van der Waals surface area contributed by atoms with Crippen LogP contribution < -0.4 is 15.0 Å². The molecule has 0 spiro atoms. The number of amides is 2. The fraction of sp³-hybridized carbons (Fsp3) is 0.536. The molecule has 1 aromatic heterocycles. The summed E-state index contributed by atoms with van der Waals surface area (Å²) in [6, 6.07) is 12.5. The van der Waals surface area contributed by atoms with Gasteiger partial charge in [0.15, 0.2) is 0 Å². The lowest BCUT2D eigenvalue weighted by Gasteiger charge is -2.30. The highest BCUT2D eigenvalue weighted by atomic mass is 16.5. The highest BCUT2D eigenvalue weighted by Gasteiger charge is 2.27. The van der Waals surface area contributed by atoms with Crippen molar-refractivity contribution in [3.8, 4) is 17.0 Å². The molecule has 0 saturated heterocycles. The second kappa shape index (κ2) is 12.0. The lowest BCUT2D eigenvalue weighted by molar-refractivity contribution is -0.123. The fourth-order valence-electron chi connectivity index (χ4n) is 4.75. The molecule has 6 nitrogen and oxygen atoms in total. The standard InChI is InChI=1S/C28H37N3O3/c1-34-27-20-23(16-17-29-27)22-11-8-12-25(19-22)31(28(33)21-9-4-2-5-10-21)18-7-3-6-13-26(32)30-24-14-15-24/h8,11-12,16-17,19-21,24H,2-7,9-10,13-15,18H2,1H3,(H,30,32). The number of ether oxygens (including phenoxy) is 1. The van der Waals surface area contributed by atoms with Crippen LogP contribution in [0.5, 0.6) is 5.88 Å². The summed E-state index contributed by atoms with van der Waals surface area (Å²) in [5, 5.41) is 3.05. The Morgan fingerprint density at radius 2 is 1.79 bits per heavy atom. The number of hydrogen-bond donors (Lipinski definition) is 1. The SMILES string of the molecule is COc1cc(-c2cccc(N(CCCCCC(=O)NC3CC3)C(=O)C3CCCCC3)c2)ccn1. The first-order valence-electron chi connectivity index (χ1n) is 12.9. The van der Waals surface area contributed by atoms with Crippen LogP contribution in [0, 0.1) is 5.92 Å². The summed E-state index contributed by atoms with van der Waals surface area (Å²) in [5.41, 5.74) is 2.99. The van der Waals surface area contributed by atoms with Crippen molar-refractivity contribution in [2.45, 2.75) is 76.7 Å². The van der Waals surface area contributed by atoms with E-state index in [1.807, 2.05) is 29.2 Å². The van der Waals surface area contributed by atoms with Crippen LogP contribution in [0.1, 0.15) is 70.6 Å². The number of pyridine rings is 1. The lowest BCUT2D eigenvalue weighted by Crippen LogP contribution is -2.38. The fourth-order valence-corrected chi connectivity index (χ4v) is 4.75. The molecule has 2 aromatic rings. The minimum absolute atomic E-state index is 0.114. The van der Waals surface area contributed by atoms with E-state index in [0.29, 0.717) is 24.9 Å². The Hall–Kier alpha value is -2.89. The Labute approximate surface area is 203 Å². The van der Waals surface area contributed by atoms with Crippen LogP contribution in [0.15, 0.2) is 42.6 Å². The van der Waals surface area contributed by atoms with Crippen LogP contribution in [0.2, 0.25) is 0 Å². The van der Waals surface area contributed by atoms with Gasteiger partial charge in [-0.05, 0) is 67.9 Å². The molecule has 4 rings (SSSR count). The van der Waals surface area contributed by atoms with Crippen molar-refractivity contribution in [1.82, 2.24) is 10.3 Å². The minimum Gasteiger partial charge on any atom is -0.481 e. The van der Waals surface area contributed by atoms with Crippen LogP contribution in [0.4, 0.5) is 5.69 Å². The van der Waals surface area contributed by atoms with Gasteiger partial charge in [-0.2, -0.15) is 0 Å². The molecule has 1 N–H and O–H groups in total. The van der Waals surface area contributed by atoms with Crippen LogP contribution in [-0.4, -0.2) is 36.5 Å². The van der Waals surface area contributed by atoms with Gasteiger partial charge in [-0.3, -0.25) is 9.59 Å². The maximum Gasteiger partial charge on any atom is 0.230 e. The predicted molar refractivity (Wildman–Crippen MR) is 135 cm³/mol. The third-order valence-electron chi connectivity index (χ3n) is 6.88. The molecule has 0 aliphatic heterocycles. The van der Waals surface area contributed by atoms with Crippen LogP contribution in [0.25, 0.3) is 11.1 Å². The Morgan fingerprint density at radius 3 is 2.56 bits per heavy atom. The number of anilines is 1. The number of carbonyl (C=O) groups is 2. The van der Waals surface area contributed by atoms with E-state index in [9.17, 15) is 9.59 Å². The molecule has 0 radical (unpaired) electrons. The van der Waals surface area contributed by atoms with Gasteiger partial charge in [0.2, 0.25) is 17.7 Å². The number of benzene rings is 1. The number of nitrogens with one attached hydrogen (secondary N) is 1. The molecule has 0 unspecified atom stereocenters. The number of carbonyl (C=O) groups excluding carboxylic acids is 2. The third-order valence-corrected chi connectivity index (χ3v) is 6.88. The van der Waals surface area contributed by atoms with Gasteiger partial charge in [-0.1, -0.05) is 37.8 Å². The largest absolute Gasteiger partial charge is 0.481 e. The van der Waals surface area contributed by atoms with Crippen LogP contribution in [0.3, 0.4) is 0 Å². The molecular formula is C28H37N3O3. The molecule has 1 aromatic carbocycles. The third kappa shape index (κ3) is 6.81. The summed E-state index contributed by atoms with van der Waals surface area (Å²) in [7, 11) is 1.61. The van der Waals surface area contributed by atoms with Gasteiger partial charge in [0, 0.05) is 42.9 Å². The first-order chi connectivity index (χ1) is 16.6. The maximum atomic E-state index is 13.6. The van der Waals surface area contributed by atoms with E-state index in [1.165, 1.54) is 6.42 Å². The van der Waals surface area contributed by atoms with E-state index in [1.54, 1.807) is 13.3 Å². The van der Waals surface area contributed by atoms with Gasteiger partial charge in [0.1, 0.15) is 0 Å². The van der Waals surface area contributed by atoms with Gasteiger partial charge in [-0.15, -0.1) is 0 Å². The van der Waals surface area contributed by atoms with E-state index < -0.39 is 0 Å². The van der Waals surface area contributed by atoms with Crippen molar-refractivity contribution < 1.29 is 14.3 Å². The quantitative estimate of drug-likeness (QED) is 0.446. The first-order valence-corrected chi connectivity index (χ1v) is 12.9. The number of nitrogens with zero attached hydrogens (tertiary/aromatic N) is 2. The molecule has 2 saturated carbocycles. The summed E-state index contributed by atoms with van der Waals surface area (Å²) in [6.45, 7) is 0.683. The zero-order valence-electron chi connectivity index (χ0n) is 20.3. The zero-order chi connectivity index (χ0) is 23.8. The molecule has 1 heterocycles. The monoisotopic (exact) mass is 463 g/mol. The summed E-state index contributed by atoms with van der Waals surface area (Å²) in [6.07, 6.45) is 12.7. The summed E-state index contributed by atoms with van der Waals surface area (Å²) < 4.78 is 5.28. The number of methoxy groups -OCH3 is 1. The van der Waals surface area contributed by atoms with Gasteiger partial charge in [-0.25, -0.2) is 4.98 Å². The van der Waals surface area contributed by atoms with Gasteiger partial charge >= 0.3 is 0 Å². The molecule has 0 atom stereocenters. The van der Waals surface area contributed by atoms with Crippen molar-refractivity contribution in [2.75, 3.05) is 18.6 Å². The van der Waals surface area contributed by atoms with E-state index in [4.69, 9.17) is 4.74 Å². The maximum absolute atomic E-state index is 13.6. The van der Waals surface area contributed by atoms with E-state index >= 15 is 0 Å². The molecular weight excluding hydrogens is 426 g/mol. The minimum atomic E-state index is 0.114. The Morgan fingerprint density at radius 1 is 1.00 bits per heavy atom. The van der Waals surface area contributed by atoms with Crippen molar-refractivity contribution in [3.05, 3.63) is 42.6 Å². The van der Waals surface area contributed by atoms with Gasteiger partial charge in [0.05, 0.1) is 7.11 Å². The van der Waals surface area contributed by atoms with Crippen molar-refractivity contribution in [1.29, 1.82) is 0 Å². The first kappa shape index (κ1) is 24.2. The smallest absolute Gasteiger partial charge is 0.230 e. The average molecular weight is 464 g/mol. The predicted octanol–water partition coefficient (Wildman–Crippen LogP) is 5.51. The number of rotatable bonds is 11. The highest BCUT2D eigenvalue weighted by molar-refractivity contribution is 5.95. The Balaban J connectivity index is 1.43. The van der Waals surface area contributed by atoms with E-state index in [2.05, 4.69) is 22.4 Å². The second-order valence-electron chi connectivity index (χ2n) is 9.61. The summed E-state index contributed by atoms with van der Waals surface area (Å²) >= 11 is 0. The van der Waals surface area contributed by atoms with E-state index in [0.717, 1.165) is 74.6 Å². The highest BCUT2D eigenvalue weighted by Crippen LogP contribution is 2.31. The summed E-state index contributed by atoms with van der Waals surface area (Å²) in [5.74, 6) is 1.10. The van der Waals surface area contributed by atoms with Crippen molar-refractivity contribution in [2.24, 2.45) is 5.92 Å². The molecule has 6 heteroatoms. The number of hydrogen-bond acceptors (Lipinski definition) is 4. The zero-order valence-corrected chi connectivity index (χ0v) is 20.3. The Kier molecular flexibility index (Phi) is 8.56.